The van der Waals surface area contributed by atoms with Gasteiger partial charge in [0.15, 0.2) is 0 Å². The molecule has 0 saturated carbocycles. The van der Waals surface area contributed by atoms with Gasteiger partial charge < -0.3 is 4.74 Å². The van der Waals surface area contributed by atoms with Gasteiger partial charge in [-0.3, -0.25) is 0 Å². The fourth-order valence-corrected chi connectivity index (χ4v) is 0.841. The highest BCUT2D eigenvalue weighted by Gasteiger charge is 2.79. The molecule has 0 rings (SSSR count). The minimum atomic E-state index is -6.98. The van der Waals surface area contributed by atoms with Crippen molar-refractivity contribution in [2.24, 2.45) is 0 Å². The summed E-state index contributed by atoms with van der Waals surface area (Å²) in [5.74, 6) is -13.7. The second kappa shape index (κ2) is 5.33. The van der Waals surface area contributed by atoms with Crippen LogP contribution in [0.15, 0.2) is 0 Å². The molecule has 1 unspecified atom stereocenters. The Morgan fingerprint density at radius 3 is 1.63 bits per heavy atom. The van der Waals surface area contributed by atoms with E-state index < -0.39 is 43.3 Å². The predicted molar refractivity (Wildman–Crippen MR) is 41.7 cm³/mol. The first-order chi connectivity index (χ1) is 8.22. The first-order valence-electron chi connectivity index (χ1n) is 4.49. The van der Waals surface area contributed by atoms with Gasteiger partial charge in [-0.1, -0.05) is 6.92 Å². The van der Waals surface area contributed by atoms with Crippen molar-refractivity contribution >= 4 is 0 Å². The van der Waals surface area contributed by atoms with Gasteiger partial charge in [0.1, 0.15) is 0 Å². The molecule has 0 bridgehead atoms. The van der Waals surface area contributed by atoms with E-state index in [4.69, 9.17) is 0 Å². The summed E-state index contributed by atoms with van der Waals surface area (Å²) in [5, 5.41) is 0. The number of halogens is 10. The second-order valence-electron chi connectivity index (χ2n) is 3.32. The van der Waals surface area contributed by atoms with E-state index in [-0.39, 0.29) is 0 Å². The van der Waals surface area contributed by atoms with Gasteiger partial charge in [-0.05, 0) is 6.42 Å². The van der Waals surface area contributed by atoms with Crippen molar-refractivity contribution in [2.45, 2.75) is 36.7 Å². The standard InChI is InChI=1S/C8H7F10O/c1-2-3-19-6(12,13)4(9)5(10,11)7(14,15)8(16,17)18/h4H,1-3H2. The van der Waals surface area contributed by atoms with Gasteiger partial charge in [-0.15, -0.1) is 0 Å². The molecule has 0 aromatic rings. The Balaban J connectivity index is 5.30. The Hall–Kier alpha value is -0.740. The molecule has 1 nitrogen and oxygen atoms in total. The van der Waals surface area contributed by atoms with Crippen molar-refractivity contribution in [3.8, 4) is 0 Å². The molecule has 0 aliphatic heterocycles. The molecule has 0 heterocycles. The maximum absolute atomic E-state index is 12.7. The van der Waals surface area contributed by atoms with Crippen LogP contribution < -0.4 is 0 Å². The first kappa shape index (κ1) is 18.3. The number of alkyl halides is 10. The Morgan fingerprint density at radius 1 is 0.895 bits per heavy atom. The van der Waals surface area contributed by atoms with Crippen LogP contribution in [0.5, 0.6) is 0 Å². The molecule has 0 aromatic carbocycles. The molecule has 115 valence electrons. The fraction of sp³-hybridized carbons (Fsp3) is 0.875. The van der Waals surface area contributed by atoms with Crippen molar-refractivity contribution in [2.75, 3.05) is 6.61 Å². The van der Waals surface area contributed by atoms with E-state index in [1.54, 1.807) is 0 Å². The zero-order valence-corrected chi connectivity index (χ0v) is 8.89. The van der Waals surface area contributed by atoms with Crippen LogP contribution in [-0.2, 0) is 4.74 Å². The van der Waals surface area contributed by atoms with Crippen LogP contribution in [0.1, 0.15) is 6.42 Å². The maximum atomic E-state index is 12.7. The quantitative estimate of drug-likeness (QED) is 0.674. The van der Waals surface area contributed by atoms with Crippen molar-refractivity contribution in [3.05, 3.63) is 6.92 Å². The van der Waals surface area contributed by atoms with Crippen molar-refractivity contribution in [1.82, 2.24) is 0 Å². The fourth-order valence-electron chi connectivity index (χ4n) is 0.841. The summed E-state index contributed by atoms with van der Waals surface area (Å²) < 4.78 is 126. The summed E-state index contributed by atoms with van der Waals surface area (Å²) in [7, 11) is 0. The number of hydrogen-bond donors (Lipinski definition) is 0. The van der Waals surface area contributed by atoms with Gasteiger partial charge in [-0.2, -0.15) is 39.5 Å². The number of ether oxygens (including phenoxy) is 1. The lowest BCUT2D eigenvalue weighted by Crippen LogP contribution is -2.61. The molecule has 0 N–H and O–H groups in total. The molecule has 0 fully saturated rings. The monoisotopic (exact) mass is 309 g/mol. The Bertz CT molecular complexity index is 296. The van der Waals surface area contributed by atoms with Crippen molar-refractivity contribution in [1.29, 1.82) is 0 Å². The van der Waals surface area contributed by atoms with Crippen molar-refractivity contribution < 1.29 is 48.6 Å². The Morgan fingerprint density at radius 2 is 1.32 bits per heavy atom. The summed E-state index contributed by atoms with van der Waals surface area (Å²) in [5.41, 5.74) is 0. The van der Waals surface area contributed by atoms with Gasteiger partial charge in [-0.25, -0.2) is 4.39 Å². The topological polar surface area (TPSA) is 9.23 Å². The number of hydrogen-bond acceptors (Lipinski definition) is 1. The SMILES string of the molecule is [CH2]CCOC(F)(F)C(F)C(F)(F)C(F)(F)C(F)(F)F. The van der Waals surface area contributed by atoms with E-state index in [1.165, 1.54) is 0 Å². The molecule has 1 radical (unpaired) electrons. The molecule has 19 heavy (non-hydrogen) atoms. The number of rotatable bonds is 6. The smallest absolute Gasteiger partial charge is 0.318 e. The maximum Gasteiger partial charge on any atom is 0.459 e. The van der Waals surface area contributed by atoms with Crippen LogP contribution in [-0.4, -0.2) is 36.9 Å². The van der Waals surface area contributed by atoms with Gasteiger partial charge in [0.2, 0.25) is 0 Å². The summed E-state index contributed by atoms with van der Waals surface area (Å²) in [6, 6.07) is 0. The third-order valence-electron chi connectivity index (χ3n) is 1.83. The van der Waals surface area contributed by atoms with E-state index in [0.717, 1.165) is 0 Å². The van der Waals surface area contributed by atoms with Crippen LogP contribution in [0.2, 0.25) is 0 Å². The molecular weight excluding hydrogens is 302 g/mol. The van der Waals surface area contributed by atoms with E-state index in [0.29, 0.717) is 0 Å². The lowest BCUT2D eigenvalue weighted by Gasteiger charge is -2.33. The van der Waals surface area contributed by atoms with E-state index >= 15 is 0 Å². The minimum absolute atomic E-state index is 0.469. The molecule has 0 aliphatic rings. The predicted octanol–water partition coefficient (Wildman–Crippen LogP) is 3.99. The Kier molecular flexibility index (Phi) is 5.12. The van der Waals surface area contributed by atoms with E-state index in [1.807, 2.05) is 0 Å². The lowest BCUT2D eigenvalue weighted by atomic mass is 10.1. The zero-order valence-electron chi connectivity index (χ0n) is 8.89. The van der Waals surface area contributed by atoms with Gasteiger partial charge in [0.25, 0.3) is 6.17 Å². The van der Waals surface area contributed by atoms with Gasteiger partial charge in [0.05, 0.1) is 6.61 Å². The summed E-state index contributed by atoms with van der Waals surface area (Å²) in [4.78, 5) is 0. The van der Waals surface area contributed by atoms with Crippen LogP contribution in [0.3, 0.4) is 0 Å². The minimum Gasteiger partial charge on any atom is -0.318 e. The third-order valence-corrected chi connectivity index (χ3v) is 1.83. The van der Waals surface area contributed by atoms with Gasteiger partial charge >= 0.3 is 24.1 Å². The molecule has 0 saturated heterocycles. The average Bonchev–Trinajstić information content (AvgIpc) is 2.23. The summed E-state index contributed by atoms with van der Waals surface area (Å²) >= 11 is 0. The second-order valence-corrected chi connectivity index (χ2v) is 3.32. The van der Waals surface area contributed by atoms with E-state index in [9.17, 15) is 43.9 Å². The molecular formula is C8H7F10O. The van der Waals surface area contributed by atoms with Crippen LogP contribution >= 0.6 is 0 Å². The average molecular weight is 309 g/mol. The van der Waals surface area contributed by atoms with Crippen LogP contribution in [0.4, 0.5) is 43.9 Å². The molecule has 0 aromatic heterocycles. The highest BCUT2D eigenvalue weighted by molar-refractivity contribution is 4.98. The molecule has 0 spiro atoms. The van der Waals surface area contributed by atoms with Crippen molar-refractivity contribution in [3.63, 3.8) is 0 Å². The van der Waals surface area contributed by atoms with Gasteiger partial charge in [0, 0.05) is 0 Å². The highest BCUT2D eigenvalue weighted by Crippen LogP contribution is 2.51. The molecule has 11 heteroatoms. The molecule has 1 atom stereocenters. The zero-order chi connectivity index (χ0) is 15.7. The summed E-state index contributed by atoms with van der Waals surface area (Å²) in [6.07, 6.45) is -18.1. The lowest BCUT2D eigenvalue weighted by molar-refractivity contribution is -0.398. The summed E-state index contributed by atoms with van der Waals surface area (Å²) in [6.45, 7) is 1.79. The largest absolute Gasteiger partial charge is 0.459 e. The van der Waals surface area contributed by atoms with E-state index in [2.05, 4.69) is 11.7 Å². The normalized spacial score (nSPS) is 16.6. The highest BCUT2D eigenvalue weighted by atomic mass is 19.4. The van der Waals surface area contributed by atoms with Crippen LogP contribution in [0.25, 0.3) is 0 Å². The molecule has 0 aliphatic carbocycles. The first-order valence-corrected chi connectivity index (χ1v) is 4.49. The van der Waals surface area contributed by atoms with Crippen LogP contribution in [0, 0.1) is 6.92 Å². The molecule has 0 amide bonds. The third kappa shape index (κ3) is 3.42. The Labute approximate surface area is 100 Å².